The largest absolute Gasteiger partial charge is 0.462 e. The first-order valence-corrected chi connectivity index (χ1v) is 7.51. The Hall–Kier alpha value is -0.870. The van der Waals surface area contributed by atoms with Crippen LogP contribution in [0.2, 0.25) is 0 Å². The molecule has 2 saturated carbocycles. The number of fused-ring (bicyclic) bond motifs is 2. The van der Waals surface area contributed by atoms with Gasteiger partial charge in [-0.1, -0.05) is 13.5 Å². The Balaban J connectivity index is 1.92. The summed E-state index contributed by atoms with van der Waals surface area (Å²) in [5, 5.41) is 11.2. The molecule has 0 radical (unpaired) electrons. The Bertz CT molecular complexity index is 446. The van der Waals surface area contributed by atoms with E-state index in [1.54, 1.807) is 7.11 Å². The number of carbonyl (C=O) groups is 1. The number of ether oxygens (including phenoxy) is 2. The zero-order chi connectivity index (χ0) is 14.5. The molecule has 112 valence electrons. The lowest BCUT2D eigenvalue weighted by Crippen LogP contribution is -2.57. The molecule has 5 atom stereocenters. The summed E-state index contributed by atoms with van der Waals surface area (Å²) >= 11 is 0. The van der Waals surface area contributed by atoms with Crippen molar-refractivity contribution < 1.29 is 19.4 Å². The number of carbonyl (C=O) groups excluding carboxylic acids is 1. The molecule has 4 heteroatoms. The Morgan fingerprint density at radius 1 is 1.50 bits per heavy atom. The number of esters is 1. The van der Waals surface area contributed by atoms with Crippen LogP contribution in [0.5, 0.6) is 0 Å². The van der Waals surface area contributed by atoms with E-state index in [0.29, 0.717) is 13.0 Å². The van der Waals surface area contributed by atoms with Crippen LogP contribution in [-0.4, -0.2) is 36.5 Å². The van der Waals surface area contributed by atoms with Crippen LogP contribution in [0.4, 0.5) is 0 Å². The molecule has 1 heterocycles. The van der Waals surface area contributed by atoms with Crippen LogP contribution in [-0.2, 0) is 14.3 Å². The Labute approximate surface area is 120 Å². The third-order valence-electron chi connectivity index (χ3n) is 5.88. The van der Waals surface area contributed by atoms with E-state index in [0.717, 1.165) is 31.3 Å². The fourth-order valence-electron chi connectivity index (χ4n) is 4.57. The van der Waals surface area contributed by atoms with Gasteiger partial charge < -0.3 is 14.6 Å². The van der Waals surface area contributed by atoms with Gasteiger partial charge in [0.05, 0.1) is 18.1 Å². The summed E-state index contributed by atoms with van der Waals surface area (Å²) in [4.78, 5) is 12.0. The van der Waals surface area contributed by atoms with Crippen LogP contribution in [0.3, 0.4) is 0 Å². The number of aliphatic hydroxyl groups is 1. The van der Waals surface area contributed by atoms with E-state index in [1.807, 2.05) is 0 Å². The van der Waals surface area contributed by atoms with Gasteiger partial charge in [0.15, 0.2) is 0 Å². The summed E-state index contributed by atoms with van der Waals surface area (Å²) in [6, 6.07) is 0. The van der Waals surface area contributed by atoms with E-state index in [2.05, 4.69) is 13.5 Å². The molecule has 3 rings (SSSR count). The highest BCUT2D eigenvalue weighted by molar-refractivity contribution is 5.75. The van der Waals surface area contributed by atoms with Gasteiger partial charge in [-0.2, -0.15) is 0 Å². The molecule has 0 aromatic carbocycles. The van der Waals surface area contributed by atoms with Crippen LogP contribution in [0.25, 0.3) is 0 Å². The van der Waals surface area contributed by atoms with Crippen molar-refractivity contribution in [3.8, 4) is 0 Å². The van der Waals surface area contributed by atoms with E-state index in [1.165, 1.54) is 0 Å². The summed E-state index contributed by atoms with van der Waals surface area (Å²) in [7, 11) is 1.60. The predicted molar refractivity (Wildman–Crippen MR) is 74.0 cm³/mol. The minimum absolute atomic E-state index is 0.0513. The molecule has 20 heavy (non-hydrogen) atoms. The molecule has 3 fully saturated rings. The van der Waals surface area contributed by atoms with Gasteiger partial charge in [-0.05, 0) is 37.7 Å². The van der Waals surface area contributed by atoms with Crippen LogP contribution in [0.15, 0.2) is 12.2 Å². The molecule has 3 aliphatic rings. The van der Waals surface area contributed by atoms with E-state index < -0.39 is 5.60 Å². The lowest BCUT2D eigenvalue weighted by atomic mass is 9.52. The van der Waals surface area contributed by atoms with Crippen molar-refractivity contribution >= 4 is 5.97 Å². The lowest BCUT2D eigenvalue weighted by molar-refractivity contribution is -0.155. The molecule has 0 spiro atoms. The van der Waals surface area contributed by atoms with Gasteiger partial charge in [0.1, 0.15) is 6.10 Å². The number of rotatable bonds is 2. The summed E-state index contributed by atoms with van der Waals surface area (Å²) < 4.78 is 10.7. The molecule has 0 amide bonds. The smallest absolute Gasteiger partial charge is 0.311 e. The van der Waals surface area contributed by atoms with Crippen molar-refractivity contribution in [2.45, 2.75) is 50.7 Å². The fraction of sp³-hybridized carbons (Fsp3) is 0.812. The summed E-state index contributed by atoms with van der Waals surface area (Å²) in [6.45, 7) is 6.60. The third-order valence-corrected chi connectivity index (χ3v) is 5.88. The molecule has 1 N–H and O–H groups in total. The van der Waals surface area contributed by atoms with E-state index in [9.17, 15) is 9.90 Å². The first kappa shape index (κ1) is 14.1. The standard InChI is InChI=1S/C16H24O4/c1-10-5-4-6-15(2)8-13-11(7-16(10,15)18)12(9-19-3)14(17)20-13/h11-13,18H,1,4-9H2,2-3H3/t11-,12+,13-,15-,16-/m1/s1. The second kappa shape index (κ2) is 4.57. The molecule has 0 aromatic heterocycles. The molecular weight excluding hydrogens is 256 g/mol. The summed E-state index contributed by atoms with van der Waals surface area (Å²) in [5.74, 6) is -0.359. The quantitative estimate of drug-likeness (QED) is 0.621. The van der Waals surface area contributed by atoms with Crippen LogP contribution in [0.1, 0.15) is 39.0 Å². The molecule has 4 nitrogen and oxygen atoms in total. The second-order valence-corrected chi connectivity index (χ2v) is 6.99. The maximum absolute atomic E-state index is 12.0. The molecular formula is C16H24O4. The van der Waals surface area contributed by atoms with Crippen molar-refractivity contribution in [3.05, 3.63) is 12.2 Å². The van der Waals surface area contributed by atoms with Crippen LogP contribution < -0.4 is 0 Å². The van der Waals surface area contributed by atoms with Crippen molar-refractivity contribution in [1.82, 2.24) is 0 Å². The minimum Gasteiger partial charge on any atom is -0.462 e. The molecule has 0 unspecified atom stereocenters. The molecule has 2 aliphatic carbocycles. The average molecular weight is 280 g/mol. The molecule has 0 bridgehead atoms. The monoisotopic (exact) mass is 280 g/mol. The van der Waals surface area contributed by atoms with Crippen molar-refractivity contribution in [1.29, 1.82) is 0 Å². The van der Waals surface area contributed by atoms with Crippen LogP contribution >= 0.6 is 0 Å². The summed E-state index contributed by atoms with van der Waals surface area (Å²) in [6.07, 6.45) is 4.15. The van der Waals surface area contributed by atoms with Gasteiger partial charge in [-0.3, -0.25) is 4.79 Å². The highest BCUT2D eigenvalue weighted by atomic mass is 16.6. The Kier molecular flexibility index (Phi) is 3.22. The van der Waals surface area contributed by atoms with Gasteiger partial charge in [-0.15, -0.1) is 0 Å². The molecule has 1 aliphatic heterocycles. The van der Waals surface area contributed by atoms with Gasteiger partial charge in [0.25, 0.3) is 0 Å². The van der Waals surface area contributed by atoms with Crippen molar-refractivity contribution in [3.63, 3.8) is 0 Å². The highest BCUT2D eigenvalue weighted by Crippen LogP contribution is 2.59. The predicted octanol–water partition coefficient (Wildman–Crippen LogP) is 2.06. The first-order chi connectivity index (χ1) is 9.41. The zero-order valence-electron chi connectivity index (χ0n) is 12.4. The van der Waals surface area contributed by atoms with Gasteiger partial charge in [0.2, 0.25) is 0 Å². The molecule has 0 aromatic rings. The van der Waals surface area contributed by atoms with E-state index in [4.69, 9.17) is 9.47 Å². The Morgan fingerprint density at radius 2 is 2.25 bits per heavy atom. The fourth-order valence-corrected chi connectivity index (χ4v) is 4.57. The highest BCUT2D eigenvalue weighted by Gasteiger charge is 2.61. The SMILES string of the molecule is C=C1CCC[C@]2(C)C[C@H]3OC(=O)[C@@H](COC)[C@H]3C[C@@]12O. The Morgan fingerprint density at radius 3 is 2.95 bits per heavy atom. The number of methoxy groups -OCH3 is 1. The van der Waals surface area contributed by atoms with Crippen molar-refractivity contribution in [2.24, 2.45) is 17.3 Å². The van der Waals surface area contributed by atoms with E-state index >= 15 is 0 Å². The van der Waals surface area contributed by atoms with Gasteiger partial charge in [-0.25, -0.2) is 0 Å². The van der Waals surface area contributed by atoms with Gasteiger partial charge in [0, 0.05) is 18.4 Å². The van der Waals surface area contributed by atoms with E-state index in [-0.39, 0.29) is 29.3 Å². The van der Waals surface area contributed by atoms with Gasteiger partial charge >= 0.3 is 5.97 Å². The normalized spacial score (nSPS) is 47.6. The maximum atomic E-state index is 12.0. The van der Waals surface area contributed by atoms with Crippen molar-refractivity contribution in [2.75, 3.05) is 13.7 Å². The topological polar surface area (TPSA) is 55.8 Å². The molecule has 1 saturated heterocycles. The lowest BCUT2D eigenvalue weighted by Gasteiger charge is -2.55. The first-order valence-electron chi connectivity index (χ1n) is 7.51. The maximum Gasteiger partial charge on any atom is 0.311 e. The zero-order valence-corrected chi connectivity index (χ0v) is 12.4. The number of hydrogen-bond acceptors (Lipinski definition) is 4. The second-order valence-electron chi connectivity index (χ2n) is 6.99. The third kappa shape index (κ3) is 1.77. The average Bonchev–Trinajstić information content (AvgIpc) is 2.65. The minimum atomic E-state index is -0.855. The summed E-state index contributed by atoms with van der Waals surface area (Å²) in [5.41, 5.74) is -0.141. The number of hydrogen-bond donors (Lipinski definition) is 1. The van der Waals surface area contributed by atoms with Crippen LogP contribution in [0, 0.1) is 17.3 Å².